The third-order valence-electron chi connectivity index (χ3n) is 3.19. The van der Waals surface area contributed by atoms with Crippen LogP contribution in [-0.2, 0) is 6.42 Å². The van der Waals surface area contributed by atoms with Gasteiger partial charge < -0.3 is 5.32 Å². The summed E-state index contributed by atoms with van der Waals surface area (Å²) in [6.07, 6.45) is 7.16. The molecule has 4 heteroatoms. The number of thioether (sulfide) groups is 1. The average Bonchev–Trinajstić information content (AvgIpc) is 2.49. The average molecular weight is 303 g/mol. The Labute approximate surface area is 128 Å². The molecular formula is C16H15ClN2S. The lowest BCUT2D eigenvalue weighted by atomic mass is 10.1. The maximum atomic E-state index is 5.89. The van der Waals surface area contributed by atoms with E-state index in [1.807, 2.05) is 30.1 Å². The summed E-state index contributed by atoms with van der Waals surface area (Å²) in [5.74, 6) is 2.02. The maximum absolute atomic E-state index is 5.89. The van der Waals surface area contributed by atoms with Gasteiger partial charge in [0.1, 0.15) is 5.82 Å². The number of rotatable bonds is 4. The Bertz CT molecular complexity index is 623. The number of anilines is 1. The number of pyridine rings is 1. The Morgan fingerprint density at radius 1 is 1.20 bits per heavy atom. The van der Waals surface area contributed by atoms with Gasteiger partial charge in [-0.25, -0.2) is 4.98 Å². The van der Waals surface area contributed by atoms with E-state index in [-0.39, 0.29) is 0 Å². The van der Waals surface area contributed by atoms with Gasteiger partial charge in [-0.05, 0) is 30.2 Å². The second-order valence-corrected chi connectivity index (χ2v) is 6.09. The molecule has 0 atom stereocenters. The second-order valence-electron chi connectivity index (χ2n) is 4.59. The summed E-state index contributed by atoms with van der Waals surface area (Å²) in [5, 5.41) is 4.21. The standard InChI is InChI=1S/C16H15ClN2S/c17-13-5-3-12(4-6-13)7-9-18-16-14-2-1-11-20-15(14)8-10-19-16/h1-6,8,10H,7,9,11H2,(H,18,19). The highest BCUT2D eigenvalue weighted by Crippen LogP contribution is 2.31. The van der Waals surface area contributed by atoms with Crippen LogP contribution in [0.15, 0.2) is 47.5 Å². The van der Waals surface area contributed by atoms with Gasteiger partial charge in [0.15, 0.2) is 0 Å². The molecule has 0 amide bonds. The van der Waals surface area contributed by atoms with Crippen molar-refractivity contribution in [3.05, 3.63) is 58.8 Å². The van der Waals surface area contributed by atoms with Gasteiger partial charge in [0, 0.05) is 34.0 Å². The first-order chi connectivity index (χ1) is 9.83. The number of fused-ring (bicyclic) bond motifs is 1. The number of nitrogens with one attached hydrogen (secondary N) is 1. The minimum Gasteiger partial charge on any atom is -0.369 e. The Hall–Kier alpha value is -1.45. The first-order valence-electron chi connectivity index (χ1n) is 6.59. The Kier molecular flexibility index (Phi) is 4.28. The number of hydrogen-bond donors (Lipinski definition) is 1. The molecule has 0 bridgehead atoms. The highest BCUT2D eigenvalue weighted by atomic mass is 35.5. The van der Waals surface area contributed by atoms with Crippen LogP contribution in [0, 0.1) is 0 Å². The molecule has 2 aromatic rings. The van der Waals surface area contributed by atoms with E-state index >= 15 is 0 Å². The minimum atomic E-state index is 0.780. The van der Waals surface area contributed by atoms with Gasteiger partial charge >= 0.3 is 0 Å². The van der Waals surface area contributed by atoms with Gasteiger partial charge in [0.25, 0.3) is 0 Å². The molecule has 0 radical (unpaired) electrons. The molecule has 0 aliphatic carbocycles. The topological polar surface area (TPSA) is 24.9 Å². The van der Waals surface area contributed by atoms with Gasteiger partial charge in [0.05, 0.1) is 0 Å². The smallest absolute Gasteiger partial charge is 0.134 e. The third kappa shape index (κ3) is 3.17. The predicted octanol–water partition coefficient (Wildman–Crippen LogP) is 4.51. The van der Waals surface area contributed by atoms with Crippen LogP contribution in [0.25, 0.3) is 6.08 Å². The lowest BCUT2D eigenvalue weighted by Crippen LogP contribution is -2.08. The van der Waals surface area contributed by atoms with E-state index in [9.17, 15) is 0 Å². The van der Waals surface area contributed by atoms with Crippen molar-refractivity contribution in [3.63, 3.8) is 0 Å². The van der Waals surface area contributed by atoms with Crippen molar-refractivity contribution in [1.82, 2.24) is 4.98 Å². The number of nitrogens with zero attached hydrogens (tertiary/aromatic N) is 1. The van der Waals surface area contributed by atoms with Gasteiger partial charge in [-0.1, -0.05) is 35.9 Å². The van der Waals surface area contributed by atoms with Crippen LogP contribution in [0.5, 0.6) is 0 Å². The SMILES string of the molecule is Clc1ccc(CCNc2nccc3c2C=CCS3)cc1. The molecule has 1 N–H and O–H groups in total. The maximum Gasteiger partial charge on any atom is 0.134 e. The Morgan fingerprint density at radius 3 is 2.90 bits per heavy atom. The van der Waals surface area contributed by atoms with E-state index in [1.54, 1.807) is 0 Å². The van der Waals surface area contributed by atoms with Crippen molar-refractivity contribution in [1.29, 1.82) is 0 Å². The van der Waals surface area contributed by atoms with Crippen molar-refractivity contribution in [2.45, 2.75) is 11.3 Å². The van der Waals surface area contributed by atoms with Crippen LogP contribution in [0.4, 0.5) is 5.82 Å². The summed E-state index contributed by atoms with van der Waals surface area (Å²) in [5.41, 5.74) is 2.48. The van der Waals surface area contributed by atoms with Crippen molar-refractivity contribution >= 4 is 35.3 Å². The van der Waals surface area contributed by atoms with Crippen LogP contribution < -0.4 is 5.32 Å². The number of halogens is 1. The van der Waals surface area contributed by atoms with Gasteiger partial charge in [-0.2, -0.15) is 0 Å². The van der Waals surface area contributed by atoms with Gasteiger partial charge in [-0.3, -0.25) is 0 Å². The quantitative estimate of drug-likeness (QED) is 0.899. The van der Waals surface area contributed by atoms with E-state index in [0.717, 1.165) is 29.6 Å². The molecule has 0 spiro atoms. The fraction of sp³-hybridized carbons (Fsp3) is 0.188. The normalized spacial score (nSPS) is 13.1. The van der Waals surface area contributed by atoms with E-state index in [1.165, 1.54) is 16.0 Å². The molecule has 1 aromatic carbocycles. The first kappa shape index (κ1) is 13.5. The van der Waals surface area contributed by atoms with Crippen LogP contribution in [0.3, 0.4) is 0 Å². The van der Waals surface area contributed by atoms with E-state index in [4.69, 9.17) is 11.6 Å². The molecular weight excluding hydrogens is 288 g/mol. The molecule has 1 aromatic heterocycles. The second kappa shape index (κ2) is 6.33. The van der Waals surface area contributed by atoms with E-state index in [0.29, 0.717) is 0 Å². The fourth-order valence-corrected chi connectivity index (χ4v) is 3.14. The van der Waals surface area contributed by atoms with Crippen molar-refractivity contribution in [3.8, 4) is 0 Å². The highest BCUT2D eigenvalue weighted by Gasteiger charge is 2.10. The molecule has 3 rings (SSSR count). The summed E-state index contributed by atoms with van der Waals surface area (Å²) < 4.78 is 0. The van der Waals surface area contributed by atoms with Crippen molar-refractivity contribution in [2.24, 2.45) is 0 Å². The predicted molar refractivity (Wildman–Crippen MR) is 87.6 cm³/mol. The lowest BCUT2D eigenvalue weighted by Gasteiger charge is -2.14. The van der Waals surface area contributed by atoms with Gasteiger partial charge in [-0.15, -0.1) is 11.8 Å². The van der Waals surface area contributed by atoms with Crippen LogP contribution in [0.1, 0.15) is 11.1 Å². The number of hydrogen-bond acceptors (Lipinski definition) is 3. The summed E-state index contributed by atoms with van der Waals surface area (Å²) in [6, 6.07) is 10.1. The highest BCUT2D eigenvalue weighted by molar-refractivity contribution is 7.99. The van der Waals surface area contributed by atoms with Crippen LogP contribution in [-0.4, -0.2) is 17.3 Å². The molecule has 1 aliphatic rings. The van der Waals surface area contributed by atoms with E-state index < -0.39 is 0 Å². The zero-order valence-corrected chi connectivity index (χ0v) is 12.5. The number of aromatic nitrogens is 1. The van der Waals surface area contributed by atoms with Crippen molar-refractivity contribution in [2.75, 3.05) is 17.6 Å². The van der Waals surface area contributed by atoms with Gasteiger partial charge in [0.2, 0.25) is 0 Å². The molecule has 102 valence electrons. The third-order valence-corrected chi connectivity index (χ3v) is 4.47. The first-order valence-corrected chi connectivity index (χ1v) is 7.96. The molecule has 2 nitrogen and oxygen atoms in total. The Balaban J connectivity index is 1.65. The molecule has 2 heterocycles. The van der Waals surface area contributed by atoms with Crippen LogP contribution >= 0.6 is 23.4 Å². The summed E-state index contributed by atoms with van der Waals surface area (Å²) in [4.78, 5) is 5.74. The molecule has 0 unspecified atom stereocenters. The molecule has 1 aliphatic heterocycles. The molecule has 0 saturated heterocycles. The monoisotopic (exact) mass is 302 g/mol. The van der Waals surface area contributed by atoms with Crippen molar-refractivity contribution < 1.29 is 0 Å². The molecule has 20 heavy (non-hydrogen) atoms. The summed E-state index contributed by atoms with van der Waals surface area (Å²) in [6.45, 7) is 0.865. The summed E-state index contributed by atoms with van der Waals surface area (Å²) >= 11 is 7.74. The summed E-state index contributed by atoms with van der Waals surface area (Å²) in [7, 11) is 0. The number of benzene rings is 1. The minimum absolute atomic E-state index is 0.780. The zero-order chi connectivity index (χ0) is 13.8. The molecule has 0 fully saturated rings. The van der Waals surface area contributed by atoms with Crippen LogP contribution in [0.2, 0.25) is 5.02 Å². The fourth-order valence-electron chi connectivity index (χ4n) is 2.16. The van der Waals surface area contributed by atoms with E-state index in [2.05, 4.69) is 40.7 Å². The lowest BCUT2D eigenvalue weighted by molar-refractivity contribution is 1.00. The largest absolute Gasteiger partial charge is 0.369 e. The Morgan fingerprint density at radius 2 is 2.05 bits per heavy atom. The molecule has 0 saturated carbocycles. The zero-order valence-electron chi connectivity index (χ0n) is 11.0.